The van der Waals surface area contributed by atoms with Crippen LogP contribution in [0, 0.1) is 17.2 Å². The van der Waals surface area contributed by atoms with Gasteiger partial charge in [0.05, 0.1) is 18.9 Å². The molecule has 0 spiro atoms. The van der Waals surface area contributed by atoms with Crippen LogP contribution in [0.15, 0.2) is 59.2 Å². The number of benzene rings is 1. The van der Waals surface area contributed by atoms with Gasteiger partial charge in [0, 0.05) is 0 Å². The van der Waals surface area contributed by atoms with Crippen molar-refractivity contribution < 1.29 is 14.0 Å². The van der Waals surface area contributed by atoms with Crippen molar-refractivity contribution in [2.75, 3.05) is 0 Å². The van der Waals surface area contributed by atoms with E-state index in [-0.39, 0.29) is 6.54 Å². The van der Waals surface area contributed by atoms with Crippen LogP contribution >= 0.6 is 0 Å². The van der Waals surface area contributed by atoms with Crippen molar-refractivity contribution in [3.63, 3.8) is 0 Å². The minimum absolute atomic E-state index is 0.139. The van der Waals surface area contributed by atoms with E-state index in [0.29, 0.717) is 5.76 Å². The predicted octanol–water partition coefficient (Wildman–Crippen LogP) is 2.32. The Morgan fingerprint density at radius 3 is 2.64 bits per heavy atom. The van der Waals surface area contributed by atoms with Crippen molar-refractivity contribution in [3.8, 4) is 6.07 Å². The second kappa shape index (κ2) is 7.60. The molecule has 1 aromatic heterocycles. The largest absolute Gasteiger partial charge is 0.467 e. The van der Waals surface area contributed by atoms with Gasteiger partial charge in [-0.25, -0.2) is 0 Å². The lowest BCUT2D eigenvalue weighted by atomic mass is 10.0. The van der Waals surface area contributed by atoms with Gasteiger partial charge in [-0.2, -0.15) is 5.26 Å². The molecule has 110 valence electrons. The van der Waals surface area contributed by atoms with Gasteiger partial charge in [0.15, 0.2) is 11.7 Å². The summed E-state index contributed by atoms with van der Waals surface area (Å²) in [6.45, 7) is 0.139. The van der Waals surface area contributed by atoms with Gasteiger partial charge >= 0.3 is 0 Å². The molecule has 0 aliphatic carbocycles. The normalized spacial score (nSPS) is 11.8. The minimum atomic E-state index is -1.37. The number of hydrogen-bond donors (Lipinski definition) is 1. The fourth-order valence-electron chi connectivity index (χ4n) is 1.78. The Morgan fingerprint density at radius 1 is 1.23 bits per heavy atom. The van der Waals surface area contributed by atoms with E-state index in [1.54, 1.807) is 24.3 Å². The zero-order chi connectivity index (χ0) is 15.8. The molecule has 1 atom stereocenters. The molecule has 5 heteroatoms. The van der Waals surface area contributed by atoms with Gasteiger partial charge in [0.2, 0.25) is 5.91 Å². The number of rotatable bonds is 6. The molecule has 0 bridgehead atoms. The van der Waals surface area contributed by atoms with Crippen LogP contribution in [0.1, 0.15) is 11.3 Å². The average molecular weight is 294 g/mol. The van der Waals surface area contributed by atoms with Crippen LogP contribution in [-0.4, -0.2) is 11.7 Å². The van der Waals surface area contributed by atoms with Gasteiger partial charge in [-0.05, 0) is 23.8 Å². The molecule has 5 nitrogen and oxygen atoms in total. The highest BCUT2D eigenvalue weighted by Crippen LogP contribution is 2.06. The zero-order valence-electron chi connectivity index (χ0n) is 11.7. The number of allylic oxidation sites excluding steroid dienone is 1. The van der Waals surface area contributed by atoms with Crippen LogP contribution in [0.4, 0.5) is 0 Å². The monoisotopic (exact) mass is 294 g/mol. The van der Waals surface area contributed by atoms with Crippen LogP contribution in [0.5, 0.6) is 0 Å². The number of nitrogens with one attached hydrogen (secondary N) is 1. The molecule has 1 N–H and O–H groups in total. The fourth-order valence-corrected chi connectivity index (χ4v) is 1.78. The van der Waals surface area contributed by atoms with Crippen LogP contribution in [0.2, 0.25) is 0 Å². The quantitative estimate of drug-likeness (QED) is 0.654. The number of nitrogens with zero attached hydrogens (tertiary/aromatic N) is 1. The van der Waals surface area contributed by atoms with Gasteiger partial charge in [-0.3, -0.25) is 9.59 Å². The van der Waals surface area contributed by atoms with E-state index in [4.69, 9.17) is 9.68 Å². The predicted molar refractivity (Wildman–Crippen MR) is 80.1 cm³/mol. The van der Waals surface area contributed by atoms with Gasteiger partial charge in [-0.15, -0.1) is 0 Å². The summed E-state index contributed by atoms with van der Waals surface area (Å²) in [5.41, 5.74) is 0.823. The third kappa shape index (κ3) is 4.18. The van der Waals surface area contributed by atoms with Gasteiger partial charge in [0.1, 0.15) is 5.76 Å². The van der Waals surface area contributed by atoms with E-state index < -0.39 is 17.6 Å². The Hall–Kier alpha value is -3.13. The maximum Gasteiger partial charge on any atom is 0.245 e. The van der Waals surface area contributed by atoms with Crippen LogP contribution in [-0.2, 0) is 16.1 Å². The Morgan fingerprint density at radius 2 is 2.00 bits per heavy atom. The molecule has 0 radical (unpaired) electrons. The highest BCUT2D eigenvalue weighted by atomic mass is 16.3. The van der Waals surface area contributed by atoms with E-state index in [9.17, 15) is 9.59 Å². The van der Waals surface area contributed by atoms with E-state index in [1.165, 1.54) is 12.3 Å². The highest BCUT2D eigenvalue weighted by molar-refractivity contribution is 6.10. The SMILES string of the molecule is N#CC(C(=O)/C=C/c1ccccc1)C(=O)NCc1ccco1. The smallest absolute Gasteiger partial charge is 0.245 e. The van der Waals surface area contributed by atoms with Gasteiger partial charge in [0.25, 0.3) is 0 Å². The first-order valence-corrected chi connectivity index (χ1v) is 6.67. The maximum atomic E-state index is 12.0. The summed E-state index contributed by atoms with van der Waals surface area (Å²) in [4.78, 5) is 23.8. The Bertz CT molecular complexity index is 697. The summed E-state index contributed by atoms with van der Waals surface area (Å²) in [6.07, 6.45) is 4.30. The average Bonchev–Trinajstić information content (AvgIpc) is 3.06. The van der Waals surface area contributed by atoms with Crippen molar-refractivity contribution in [2.24, 2.45) is 5.92 Å². The molecule has 0 fully saturated rings. The molecular formula is C17H14N2O3. The number of hydrogen-bond acceptors (Lipinski definition) is 4. The van der Waals surface area contributed by atoms with Crippen molar-refractivity contribution in [2.45, 2.75) is 6.54 Å². The number of amides is 1. The molecule has 0 aliphatic rings. The summed E-state index contributed by atoms with van der Waals surface area (Å²) in [6, 6.07) is 14.3. The van der Waals surface area contributed by atoms with Crippen molar-refractivity contribution in [1.29, 1.82) is 5.26 Å². The molecule has 0 saturated heterocycles. The minimum Gasteiger partial charge on any atom is -0.467 e. The van der Waals surface area contributed by atoms with Gasteiger partial charge < -0.3 is 9.73 Å². The summed E-state index contributed by atoms with van der Waals surface area (Å²) < 4.78 is 5.07. The summed E-state index contributed by atoms with van der Waals surface area (Å²) in [5.74, 6) is -2.00. The lowest BCUT2D eigenvalue weighted by Crippen LogP contribution is -2.33. The van der Waals surface area contributed by atoms with Crippen LogP contribution in [0.25, 0.3) is 6.08 Å². The third-order valence-corrected chi connectivity index (χ3v) is 2.93. The molecule has 22 heavy (non-hydrogen) atoms. The standard InChI is InChI=1S/C17H14N2O3/c18-11-15(17(21)19-12-14-7-4-10-22-14)16(20)9-8-13-5-2-1-3-6-13/h1-10,15H,12H2,(H,19,21)/b9-8+. The number of furan rings is 1. The second-order valence-corrected chi connectivity index (χ2v) is 4.51. The zero-order valence-corrected chi connectivity index (χ0v) is 11.7. The third-order valence-electron chi connectivity index (χ3n) is 2.93. The first-order chi connectivity index (χ1) is 10.7. The number of carbonyl (C=O) groups excluding carboxylic acids is 2. The molecule has 1 heterocycles. The van der Waals surface area contributed by atoms with E-state index >= 15 is 0 Å². The fraction of sp³-hybridized carbons (Fsp3) is 0.118. The Kier molecular flexibility index (Phi) is 5.27. The van der Waals surface area contributed by atoms with E-state index in [0.717, 1.165) is 5.56 Å². The Labute approximate surface area is 127 Å². The topological polar surface area (TPSA) is 83.1 Å². The highest BCUT2D eigenvalue weighted by Gasteiger charge is 2.24. The van der Waals surface area contributed by atoms with Gasteiger partial charge in [-0.1, -0.05) is 36.4 Å². The first-order valence-electron chi connectivity index (χ1n) is 6.67. The summed E-state index contributed by atoms with van der Waals surface area (Å²) in [5, 5.41) is 11.5. The number of ketones is 1. The first kappa shape index (κ1) is 15.3. The van der Waals surface area contributed by atoms with Crippen molar-refractivity contribution in [3.05, 3.63) is 66.1 Å². The van der Waals surface area contributed by atoms with Crippen molar-refractivity contribution >= 4 is 17.8 Å². The van der Waals surface area contributed by atoms with Crippen LogP contribution < -0.4 is 5.32 Å². The summed E-state index contributed by atoms with van der Waals surface area (Å²) in [7, 11) is 0. The second-order valence-electron chi connectivity index (χ2n) is 4.51. The molecule has 1 amide bonds. The summed E-state index contributed by atoms with van der Waals surface area (Å²) >= 11 is 0. The van der Waals surface area contributed by atoms with Crippen molar-refractivity contribution in [1.82, 2.24) is 5.32 Å². The molecule has 2 rings (SSSR count). The number of carbonyl (C=O) groups is 2. The Balaban J connectivity index is 1.95. The molecule has 2 aromatic rings. The lowest BCUT2D eigenvalue weighted by molar-refractivity contribution is -0.129. The van der Waals surface area contributed by atoms with E-state index in [2.05, 4.69) is 5.32 Å². The molecule has 0 saturated carbocycles. The number of nitriles is 1. The molecule has 1 unspecified atom stereocenters. The molecule has 1 aromatic carbocycles. The maximum absolute atomic E-state index is 12.0. The van der Waals surface area contributed by atoms with E-state index in [1.807, 2.05) is 30.3 Å². The molecule has 0 aliphatic heterocycles. The lowest BCUT2D eigenvalue weighted by Gasteiger charge is -2.06. The molecular weight excluding hydrogens is 280 g/mol. The van der Waals surface area contributed by atoms with Crippen LogP contribution in [0.3, 0.4) is 0 Å².